The highest BCUT2D eigenvalue weighted by Crippen LogP contribution is 2.00. The molecule has 0 aromatic carbocycles. The molecule has 10 heavy (non-hydrogen) atoms. The third-order valence-electron chi connectivity index (χ3n) is 0.827. The lowest BCUT2D eigenvalue weighted by atomic mass is 10.8. The first-order valence-electron chi connectivity index (χ1n) is 2.73. The van der Waals surface area contributed by atoms with E-state index in [9.17, 15) is 4.79 Å². The normalized spacial score (nSPS) is 9.40. The molecule has 1 aromatic rings. The third-order valence-corrected chi connectivity index (χ3v) is 0.827. The first kappa shape index (κ1) is 6.73. The molecule has 0 bridgehead atoms. The van der Waals surface area contributed by atoms with Crippen LogP contribution >= 0.6 is 0 Å². The Kier molecular flexibility index (Phi) is 1.66. The molecule has 0 fully saturated rings. The van der Waals surface area contributed by atoms with Crippen molar-refractivity contribution in [2.45, 2.75) is 6.92 Å². The summed E-state index contributed by atoms with van der Waals surface area (Å²) in [7, 11) is 1.65. The Morgan fingerprint density at radius 1 is 1.80 bits per heavy atom. The number of esters is 1. The van der Waals surface area contributed by atoms with E-state index in [2.05, 4.69) is 14.9 Å². The van der Waals surface area contributed by atoms with E-state index in [0.717, 1.165) is 0 Å². The molecule has 1 rings (SSSR count). The predicted molar refractivity (Wildman–Crippen MR) is 32.3 cm³/mol. The summed E-state index contributed by atoms with van der Waals surface area (Å²) < 4.78 is 4.60. The van der Waals surface area contributed by atoms with E-state index < -0.39 is 0 Å². The molecule has 0 aliphatic heterocycles. The van der Waals surface area contributed by atoms with Crippen LogP contribution < -0.4 is 4.74 Å². The molecule has 0 saturated carbocycles. The van der Waals surface area contributed by atoms with E-state index in [4.69, 9.17) is 0 Å². The van der Waals surface area contributed by atoms with Gasteiger partial charge in [0.1, 0.15) is 6.20 Å². The molecule has 5 nitrogen and oxygen atoms in total. The van der Waals surface area contributed by atoms with Gasteiger partial charge >= 0.3 is 5.97 Å². The zero-order chi connectivity index (χ0) is 7.56. The molecule has 1 aromatic heterocycles. The molecule has 0 saturated heterocycles. The van der Waals surface area contributed by atoms with E-state index in [0.29, 0.717) is 0 Å². The fourth-order valence-corrected chi connectivity index (χ4v) is 0.521. The van der Waals surface area contributed by atoms with Crippen molar-refractivity contribution >= 4 is 5.97 Å². The topological polar surface area (TPSA) is 57.0 Å². The molecule has 0 aliphatic carbocycles. The van der Waals surface area contributed by atoms with Crippen molar-refractivity contribution in [3.8, 4) is 5.88 Å². The van der Waals surface area contributed by atoms with Gasteiger partial charge in [0, 0.05) is 14.0 Å². The lowest BCUT2D eigenvalue weighted by Gasteiger charge is -1.90. The third kappa shape index (κ3) is 1.54. The molecule has 0 radical (unpaired) electrons. The highest BCUT2D eigenvalue weighted by atomic mass is 16.5. The Morgan fingerprint density at radius 3 is 2.90 bits per heavy atom. The number of carbonyl (C=O) groups excluding carboxylic acids is 1. The van der Waals surface area contributed by atoms with E-state index in [1.54, 1.807) is 7.05 Å². The molecule has 0 unspecified atom stereocenters. The van der Waals surface area contributed by atoms with Crippen LogP contribution in [0.3, 0.4) is 0 Å². The summed E-state index contributed by atoms with van der Waals surface area (Å²) in [5.41, 5.74) is 0. The molecular weight excluding hydrogens is 134 g/mol. The van der Waals surface area contributed by atoms with Gasteiger partial charge < -0.3 is 4.74 Å². The van der Waals surface area contributed by atoms with Crippen LogP contribution in [0.4, 0.5) is 0 Å². The molecule has 54 valence electrons. The van der Waals surface area contributed by atoms with Gasteiger partial charge in [0.15, 0.2) is 0 Å². The fourth-order valence-electron chi connectivity index (χ4n) is 0.521. The Morgan fingerprint density at radius 2 is 2.50 bits per heavy atom. The van der Waals surface area contributed by atoms with E-state index in [1.165, 1.54) is 17.9 Å². The number of aryl methyl sites for hydroxylation is 1. The van der Waals surface area contributed by atoms with Gasteiger partial charge in [0.2, 0.25) is 0 Å². The number of hydrogen-bond donors (Lipinski definition) is 0. The number of hydrogen-bond acceptors (Lipinski definition) is 4. The summed E-state index contributed by atoms with van der Waals surface area (Å²) in [5.74, 6) is -0.157. The molecular formula is C5H7N3O2. The van der Waals surface area contributed by atoms with Crippen molar-refractivity contribution < 1.29 is 9.53 Å². The SMILES string of the molecule is CC(=O)Oc1cnn(C)n1. The monoisotopic (exact) mass is 141 g/mol. The van der Waals surface area contributed by atoms with Crippen LogP contribution in [-0.2, 0) is 11.8 Å². The van der Waals surface area contributed by atoms with Crippen molar-refractivity contribution in [2.24, 2.45) is 7.05 Å². The molecule has 0 atom stereocenters. The highest BCUT2D eigenvalue weighted by molar-refractivity contribution is 5.68. The van der Waals surface area contributed by atoms with Gasteiger partial charge in [0.05, 0.1) is 0 Å². The average molecular weight is 141 g/mol. The first-order valence-corrected chi connectivity index (χ1v) is 2.73. The lowest BCUT2D eigenvalue weighted by Crippen LogP contribution is -2.02. The van der Waals surface area contributed by atoms with Crippen molar-refractivity contribution in [2.75, 3.05) is 0 Å². The van der Waals surface area contributed by atoms with Gasteiger partial charge in [-0.05, 0) is 0 Å². The van der Waals surface area contributed by atoms with Crippen molar-refractivity contribution in [3.63, 3.8) is 0 Å². The smallest absolute Gasteiger partial charge is 0.309 e. The van der Waals surface area contributed by atoms with Crippen LogP contribution in [0.1, 0.15) is 6.92 Å². The molecule has 0 N–H and O–H groups in total. The van der Waals surface area contributed by atoms with E-state index in [1.807, 2.05) is 0 Å². The van der Waals surface area contributed by atoms with Gasteiger partial charge in [-0.2, -0.15) is 9.90 Å². The second-order valence-corrected chi connectivity index (χ2v) is 1.77. The summed E-state index contributed by atoms with van der Waals surface area (Å²) in [6.07, 6.45) is 1.38. The van der Waals surface area contributed by atoms with Crippen molar-refractivity contribution in [1.29, 1.82) is 0 Å². The quantitative estimate of drug-likeness (QED) is 0.505. The molecule has 5 heteroatoms. The van der Waals surface area contributed by atoms with E-state index >= 15 is 0 Å². The second-order valence-electron chi connectivity index (χ2n) is 1.77. The Balaban J connectivity index is 2.67. The second kappa shape index (κ2) is 2.47. The molecule has 0 amide bonds. The van der Waals surface area contributed by atoms with Crippen LogP contribution in [0.25, 0.3) is 0 Å². The maximum Gasteiger partial charge on any atom is 0.309 e. The molecule has 0 spiro atoms. The van der Waals surface area contributed by atoms with Gasteiger partial charge in [0.25, 0.3) is 5.88 Å². The Hall–Kier alpha value is -1.39. The Bertz CT molecular complexity index is 243. The molecule has 1 heterocycles. The van der Waals surface area contributed by atoms with Gasteiger partial charge in [-0.25, -0.2) is 0 Å². The number of rotatable bonds is 1. The minimum atomic E-state index is -0.388. The largest absolute Gasteiger partial charge is 0.404 e. The van der Waals surface area contributed by atoms with Gasteiger partial charge in [-0.1, -0.05) is 0 Å². The zero-order valence-corrected chi connectivity index (χ0v) is 5.74. The van der Waals surface area contributed by atoms with Gasteiger partial charge in [-0.3, -0.25) is 4.79 Å². The standard InChI is InChI=1S/C5H7N3O2/c1-4(9)10-5-3-6-8(2)7-5/h3H,1-2H3. The summed E-state index contributed by atoms with van der Waals surface area (Å²) in [5, 5.41) is 7.41. The summed E-state index contributed by atoms with van der Waals surface area (Å²) in [4.78, 5) is 11.6. The minimum Gasteiger partial charge on any atom is -0.404 e. The number of ether oxygens (including phenoxy) is 1. The summed E-state index contributed by atoms with van der Waals surface area (Å²) in [6, 6.07) is 0. The average Bonchev–Trinajstić information content (AvgIpc) is 2.13. The summed E-state index contributed by atoms with van der Waals surface area (Å²) in [6.45, 7) is 1.31. The number of nitrogens with zero attached hydrogens (tertiary/aromatic N) is 3. The maximum absolute atomic E-state index is 10.3. The number of aromatic nitrogens is 3. The van der Waals surface area contributed by atoms with Crippen LogP contribution in [0.2, 0.25) is 0 Å². The predicted octanol–water partition coefficient (Wildman–Crippen LogP) is -0.260. The van der Waals surface area contributed by atoms with Crippen LogP contribution in [0.15, 0.2) is 6.20 Å². The zero-order valence-electron chi connectivity index (χ0n) is 5.74. The van der Waals surface area contributed by atoms with Crippen LogP contribution in [-0.4, -0.2) is 21.0 Å². The lowest BCUT2D eigenvalue weighted by molar-refractivity contribution is -0.132. The van der Waals surface area contributed by atoms with E-state index in [-0.39, 0.29) is 11.8 Å². The Labute approximate surface area is 57.6 Å². The minimum absolute atomic E-state index is 0.231. The van der Waals surface area contributed by atoms with Crippen LogP contribution in [0, 0.1) is 0 Å². The van der Waals surface area contributed by atoms with Crippen molar-refractivity contribution in [1.82, 2.24) is 15.0 Å². The first-order chi connectivity index (χ1) is 4.68. The van der Waals surface area contributed by atoms with Gasteiger partial charge in [-0.15, -0.1) is 5.10 Å². The molecule has 0 aliphatic rings. The highest BCUT2D eigenvalue weighted by Gasteiger charge is 1.99. The van der Waals surface area contributed by atoms with Crippen molar-refractivity contribution in [3.05, 3.63) is 6.20 Å². The maximum atomic E-state index is 10.3. The van der Waals surface area contributed by atoms with Crippen LogP contribution in [0.5, 0.6) is 5.88 Å². The fraction of sp³-hybridized carbons (Fsp3) is 0.400. The number of carbonyl (C=O) groups is 1. The summed E-state index contributed by atoms with van der Waals surface area (Å²) >= 11 is 0.